The van der Waals surface area contributed by atoms with Crippen LogP contribution in [-0.2, 0) is 0 Å². The molecule has 1 rings (SSSR count). The Morgan fingerprint density at radius 3 is 2.50 bits per heavy atom. The number of hydrogen-bond acceptors (Lipinski definition) is 2. The molecule has 0 aromatic heterocycles. The second-order valence-electron chi connectivity index (χ2n) is 2.77. The summed E-state index contributed by atoms with van der Waals surface area (Å²) in [5.74, 6) is -2.25. The number of carbonyl (C=O) groups excluding carboxylic acids is 1. The Labute approximate surface area is 80.2 Å². The molecule has 1 N–H and O–H groups in total. The molecule has 0 spiro atoms. The van der Waals surface area contributed by atoms with E-state index >= 15 is 0 Å². The first-order chi connectivity index (χ1) is 6.56. The molecule has 0 aliphatic heterocycles. The van der Waals surface area contributed by atoms with Gasteiger partial charge < -0.3 is 5.11 Å². The van der Waals surface area contributed by atoms with Crippen molar-refractivity contribution in [2.24, 2.45) is 0 Å². The average molecular weight is 196 g/mol. The largest absolute Gasteiger partial charge is 0.478 e. The molecule has 0 saturated heterocycles. The highest BCUT2D eigenvalue weighted by Gasteiger charge is 2.15. The number of benzene rings is 1. The Kier molecular flexibility index (Phi) is 2.96. The van der Waals surface area contributed by atoms with Crippen molar-refractivity contribution in [3.8, 4) is 0 Å². The van der Waals surface area contributed by atoms with Gasteiger partial charge in [0, 0.05) is 12.0 Å². The van der Waals surface area contributed by atoms with Crippen molar-refractivity contribution in [3.63, 3.8) is 0 Å². The number of carboxylic acid groups (broad SMARTS) is 1. The Balaban J connectivity index is 3.28. The van der Waals surface area contributed by atoms with Crippen LogP contribution in [-0.4, -0.2) is 16.9 Å². The van der Waals surface area contributed by atoms with Gasteiger partial charge in [0.1, 0.15) is 5.82 Å². The quantitative estimate of drug-likeness (QED) is 0.753. The third kappa shape index (κ3) is 1.96. The summed E-state index contributed by atoms with van der Waals surface area (Å²) in [6.07, 6.45) is 0.200. The number of Topliss-reactive ketones (excluding diaryl/α,β-unsaturated/α-hetero) is 1. The molecule has 0 heterocycles. The van der Waals surface area contributed by atoms with Crippen LogP contribution in [0.3, 0.4) is 0 Å². The summed E-state index contributed by atoms with van der Waals surface area (Å²) in [5, 5.41) is 8.72. The second kappa shape index (κ2) is 4.00. The van der Waals surface area contributed by atoms with E-state index in [1.54, 1.807) is 6.92 Å². The number of hydrogen-bond donors (Lipinski definition) is 1. The minimum absolute atomic E-state index is 0.0569. The zero-order valence-electron chi connectivity index (χ0n) is 7.58. The van der Waals surface area contributed by atoms with Gasteiger partial charge in [0.05, 0.1) is 5.56 Å². The zero-order valence-corrected chi connectivity index (χ0v) is 7.58. The highest BCUT2D eigenvalue weighted by Crippen LogP contribution is 2.13. The maximum atomic E-state index is 12.7. The van der Waals surface area contributed by atoms with Gasteiger partial charge in [-0.2, -0.15) is 0 Å². The number of aromatic carboxylic acids is 1. The van der Waals surface area contributed by atoms with Crippen LogP contribution in [0, 0.1) is 5.82 Å². The molecule has 0 aliphatic carbocycles. The Morgan fingerprint density at radius 2 is 2.00 bits per heavy atom. The van der Waals surface area contributed by atoms with Crippen LogP contribution in [0.5, 0.6) is 0 Å². The van der Waals surface area contributed by atoms with E-state index in [0.717, 1.165) is 12.1 Å². The van der Waals surface area contributed by atoms with E-state index in [2.05, 4.69) is 0 Å². The van der Waals surface area contributed by atoms with E-state index in [1.807, 2.05) is 0 Å². The summed E-state index contributed by atoms with van der Waals surface area (Å²) < 4.78 is 12.7. The second-order valence-corrected chi connectivity index (χ2v) is 2.77. The standard InChI is InChI=1S/C10H9FO3/c1-2-9(12)7-4-3-6(11)5-8(7)10(13)14/h3-5H,2H2,1H3,(H,13,14). The lowest BCUT2D eigenvalue weighted by molar-refractivity contribution is 0.0691. The molecule has 0 aliphatic rings. The van der Waals surface area contributed by atoms with Crippen LogP contribution >= 0.6 is 0 Å². The third-order valence-electron chi connectivity index (χ3n) is 1.83. The van der Waals surface area contributed by atoms with Gasteiger partial charge in [-0.15, -0.1) is 0 Å². The highest BCUT2D eigenvalue weighted by molar-refractivity contribution is 6.05. The number of ketones is 1. The smallest absolute Gasteiger partial charge is 0.336 e. The van der Waals surface area contributed by atoms with Crippen LogP contribution in [0.15, 0.2) is 18.2 Å². The zero-order chi connectivity index (χ0) is 10.7. The lowest BCUT2D eigenvalue weighted by atomic mass is 10.0. The first-order valence-corrected chi connectivity index (χ1v) is 4.12. The minimum Gasteiger partial charge on any atom is -0.478 e. The van der Waals surface area contributed by atoms with E-state index in [-0.39, 0.29) is 23.3 Å². The van der Waals surface area contributed by atoms with Crippen molar-refractivity contribution in [3.05, 3.63) is 35.1 Å². The van der Waals surface area contributed by atoms with Crippen LogP contribution < -0.4 is 0 Å². The summed E-state index contributed by atoms with van der Waals surface area (Å²) in [6.45, 7) is 1.62. The number of halogens is 1. The van der Waals surface area contributed by atoms with Crippen LogP contribution in [0.1, 0.15) is 34.1 Å². The summed E-state index contributed by atoms with van der Waals surface area (Å²) in [6, 6.07) is 3.13. The Morgan fingerprint density at radius 1 is 1.36 bits per heavy atom. The monoisotopic (exact) mass is 196 g/mol. The highest BCUT2D eigenvalue weighted by atomic mass is 19.1. The molecule has 0 unspecified atom stereocenters. The van der Waals surface area contributed by atoms with Crippen molar-refractivity contribution in [2.45, 2.75) is 13.3 Å². The molecule has 0 amide bonds. The lowest BCUT2D eigenvalue weighted by Gasteiger charge is -2.02. The topological polar surface area (TPSA) is 54.4 Å². The van der Waals surface area contributed by atoms with Gasteiger partial charge in [-0.1, -0.05) is 6.92 Å². The number of carbonyl (C=O) groups is 2. The van der Waals surface area contributed by atoms with E-state index in [4.69, 9.17) is 5.11 Å². The molecule has 0 bridgehead atoms. The molecule has 14 heavy (non-hydrogen) atoms. The molecule has 1 aromatic rings. The molecule has 0 saturated carbocycles. The molecule has 3 nitrogen and oxygen atoms in total. The normalized spacial score (nSPS) is 9.86. The molecular weight excluding hydrogens is 187 g/mol. The van der Waals surface area contributed by atoms with Gasteiger partial charge in [-0.25, -0.2) is 9.18 Å². The van der Waals surface area contributed by atoms with Crippen LogP contribution in [0.25, 0.3) is 0 Å². The van der Waals surface area contributed by atoms with Gasteiger partial charge >= 0.3 is 5.97 Å². The average Bonchev–Trinajstić information content (AvgIpc) is 2.16. The van der Waals surface area contributed by atoms with Gasteiger partial charge in [0.15, 0.2) is 5.78 Å². The van der Waals surface area contributed by atoms with Gasteiger partial charge in [0.25, 0.3) is 0 Å². The summed E-state index contributed by atoms with van der Waals surface area (Å²) >= 11 is 0. The van der Waals surface area contributed by atoms with Crippen molar-refractivity contribution in [1.29, 1.82) is 0 Å². The Bertz CT molecular complexity index is 385. The number of carboxylic acids is 1. The summed E-state index contributed by atoms with van der Waals surface area (Å²) in [5.41, 5.74) is -0.224. The van der Waals surface area contributed by atoms with Gasteiger partial charge in [-0.05, 0) is 18.2 Å². The maximum absolute atomic E-state index is 12.7. The van der Waals surface area contributed by atoms with Gasteiger partial charge in [-0.3, -0.25) is 4.79 Å². The molecule has 0 radical (unpaired) electrons. The summed E-state index contributed by atoms with van der Waals surface area (Å²) in [7, 11) is 0. The SMILES string of the molecule is CCC(=O)c1ccc(F)cc1C(=O)O. The fourth-order valence-electron chi connectivity index (χ4n) is 1.13. The fraction of sp³-hybridized carbons (Fsp3) is 0.200. The van der Waals surface area contributed by atoms with Crippen molar-refractivity contribution in [1.82, 2.24) is 0 Å². The Hall–Kier alpha value is -1.71. The first kappa shape index (κ1) is 10.4. The number of rotatable bonds is 3. The molecule has 0 fully saturated rings. The van der Waals surface area contributed by atoms with Crippen LogP contribution in [0.4, 0.5) is 4.39 Å². The predicted octanol–water partition coefficient (Wildman–Crippen LogP) is 2.12. The minimum atomic E-state index is -1.29. The van der Waals surface area contributed by atoms with E-state index < -0.39 is 11.8 Å². The molecule has 4 heteroatoms. The van der Waals surface area contributed by atoms with E-state index in [1.165, 1.54) is 6.07 Å². The maximum Gasteiger partial charge on any atom is 0.336 e. The molecule has 0 atom stereocenters. The third-order valence-corrected chi connectivity index (χ3v) is 1.83. The summed E-state index contributed by atoms with van der Waals surface area (Å²) in [4.78, 5) is 21.9. The predicted molar refractivity (Wildman–Crippen MR) is 48.0 cm³/mol. The molecule has 1 aromatic carbocycles. The fourth-order valence-corrected chi connectivity index (χ4v) is 1.13. The van der Waals surface area contributed by atoms with Crippen molar-refractivity contribution < 1.29 is 19.1 Å². The molecule has 74 valence electrons. The molecular formula is C10H9FO3. The first-order valence-electron chi connectivity index (χ1n) is 4.12. The van der Waals surface area contributed by atoms with Crippen molar-refractivity contribution >= 4 is 11.8 Å². The van der Waals surface area contributed by atoms with Gasteiger partial charge in [0.2, 0.25) is 0 Å². The van der Waals surface area contributed by atoms with Crippen LogP contribution in [0.2, 0.25) is 0 Å². The van der Waals surface area contributed by atoms with E-state index in [9.17, 15) is 14.0 Å². The van der Waals surface area contributed by atoms with Crippen molar-refractivity contribution in [2.75, 3.05) is 0 Å². The van der Waals surface area contributed by atoms with E-state index in [0.29, 0.717) is 0 Å². The lowest BCUT2D eigenvalue weighted by Crippen LogP contribution is -2.08.